The van der Waals surface area contributed by atoms with Gasteiger partial charge in [-0.05, 0) is 38.1 Å². The molecule has 0 spiro atoms. The summed E-state index contributed by atoms with van der Waals surface area (Å²) in [7, 11) is 0. The fourth-order valence-electron chi connectivity index (χ4n) is 4.31. The number of amides is 1. The van der Waals surface area contributed by atoms with Crippen LogP contribution < -0.4 is 0 Å². The second kappa shape index (κ2) is 8.71. The summed E-state index contributed by atoms with van der Waals surface area (Å²) in [6.07, 6.45) is 3.57. The molecule has 2 fully saturated rings. The van der Waals surface area contributed by atoms with E-state index >= 15 is 0 Å². The van der Waals surface area contributed by atoms with Crippen LogP contribution in [0.2, 0.25) is 0 Å². The molecular formula is C20H28N4O3S. The Bertz CT molecular complexity index is 768. The second-order valence-corrected chi connectivity index (χ2v) is 8.80. The van der Waals surface area contributed by atoms with Gasteiger partial charge in [0.25, 0.3) is 0 Å². The molecule has 2 aliphatic heterocycles. The standard InChI is InChI=1S/C20H28N4O3S/c1-14-11-23(12-15(2)26-14)13-16-5-3-9-24(16)19(25)8-7-18-21-20(22-27-18)17-6-4-10-28-17/h4,6,10,14-16H,3,5,7-9,11-13H2,1-2H3. The Balaban J connectivity index is 1.30. The average molecular weight is 405 g/mol. The van der Waals surface area contributed by atoms with Crippen molar-refractivity contribution in [2.75, 3.05) is 26.2 Å². The molecule has 2 saturated heterocycles. The molecule has 0 saturated carbocycles. The van der Waals surface area contributed by atoms with Crippen molar-refractivity contribution in [3.63, 3.8) is 0 Å². The molecule has 4 rings (SSSR count). The third kappa shape index (κ3) is 4.61. The van der Waals surface area contributed by atoms with Gasteiger partial charge in [-0.3, -0.25) is 9.69 Å². The third-order valence-electron chi connectivity index (χ3n) is 5.42. The number of hydrogen-bond acceptors (Lipinski definition) is 7. The minimum Gasteiger partial charge on any atom is -0.373 e. The van der Waals surface area contributed by atoms with Gasteiger partial charge in [0.1, 0.15) is 0 Å². The molecule has 0 aromatic carbocycles. The summed E-state index contributed by atoms with van der Waals surface area (Å²) in [5.74, 6) is 1.32. The second-order valence-electron chi connectivity index (χ2n) is 7.85. The first-order chi connectivity index (χ1) is 13.6. The van der Waals surface area contributed by atoms with Crippen molar-refractivity contribution in [2.24, 2.45) is 0 Å². The molecule has 4 heterocycles. The number of hydrogen-bond donors (Lipinski definition) is 0. The van der Waals surface area contributed by atoms with E-state index in [1.807, 2.05) is 17.5 Å². The van der Waals surface area contributed by atoms with Crippen molar-refractivity contribution in [1.82, 2.24) is 19.9 Å². The summed E-state index contributed by atoms with van der Waals surface area (Å²) in [6.45, 7) is 7.91. The monoisotopic (exact) mass is 404 g/mol. The first kappa shape index (κ1) is 19.5. The quantitative estimate of drug-likeness (QED) is 0.737. The van der Waals surface area contributed by atoms with E-state index < -0.39 is 0 Å². The van der Waals surface area contributed by atoms with Crippen LogP contribution in [0.3, 0.4) is 0 Å². The van der Waals surface area contributed by atoms with Crippen molar-refractivity contribution in [1.29, 1.82) is 0 Å². The highest BCUT2D eigenvalue weighted by Crippen LogP contribution is 2.23. The van der Waals surface area contributed by atoms with Gasteiger partial charge in [-0.1, -0.05) is 11.2 Å². The predicted octanol–water partition coefficient (Wildman–Crippen LogP) is 2.83. The highest BCUT2D eigenvalue weighted by molar-refractivity contribution is 7.13. The Morgan fingerprint density at radius 3 is 2.89 bits per heavy atom. The molecule has 0 radical (unpaired) electrons. The zero-order valence-electron chi connectivity index (χ0n) is 16.5. The molecule has 8 heteroatoms. The van der Waals surface area contributed by atoms with Gasteiger partial charge in [-0.25, -0.2) is 0 Å². The van der Waals surface area contributed by atoms with Gasteiger partial charge in [-0.2, -0.15) is 4.98 Å². The molecule has 7 nitrogen and oxygen atoms in total. The smallest absolute Gasteiger partial charge is 0.227 e. The maximum absolute atomic E-state index is 12.8. The van der Waals surface area contributed by atoms with Crippen LogP contribution in [0.25, 0.3) is 10.7 Å². The number of carbonyl (C=O) groups is 1. The summed E-state index contributed by atoms with van der Waals surface area (Å²) >= 11 is 1.58. The number of aryl methyl sites for hydroxylation is 1. The Labute approximate surface area is 169 Å². The molecule has 152 valence electrons. The number of ether oxygens (including phenoxy) is 1. The SMILES string of the molecule is CC1CN(CC2CCCN2C(=O)CCc2nc(-c3cccs3)no2)CC(C)O1. The summed E-state index contributed by atoms with van der Waals surface area (Å²) in [4.78, 5) is 22.7. The lowest BCUT2D eigenvalue weighted by molar-refractivity contribution is -0.133. The van der Waals surface area contributed by atoms with Crippen LogP contribution in [0, 0.1) is 0 Å². The highest BCUT2D eigenvalue weighted by Gasteiger charge is 2.32. The average Bonchev–Trinajstić information content (AvgIpc) is 3.39. The summed E-state index contributed by atoms with van der Waals surface area (Å²) in [6, 6.07) is 4.23. The van der Waals surface area contributed by atoms with Crippen LogP contribution in [-0.2, 0) is 16.0 Å². The number of morpholine rings is 1. The van der Waals surface area contributed by atoms with E-state index in [0.717, 1.165) is 43.9 Å². The molecule has 28 heavy (non-hydrogen) atoms. The first-order valence-corrected chi connectivity index (χ1v) is 11.0. The van der Waals surface area contributed by atoms with Crippen LogP contribution in [0.4, 0.5) is 0 Å². The number of carbonyl (C=O) groups excluding carboxylic acids is 1. The Morgan fingerprint density at radius 2 is 2.14 bits per heavy atom. The van der Waals surface area contributed by atoms with E-state index in [0.29, 0.717) is 30.6 Å². The molecule has 0 N–H and O–H groups in total. The van der Waals surface area contributed by atoms with E-state index in [9.17, 15) is 4.79 Å². The van der Waals surface area contributed by atoms with Crippen molar-refractivity contribution >= 4 is 17.2 Å². The fourth-order valence-corrected chi connectivity index (χ4v) is 4.95. The van der Waals surface area contributed by atoms with Crippen LogP contribution in [0.15, 0.2) is 22.0 Å². The zero-order valence-corrected chi connectivity index (χ0v) is 17.4. The summed E-state index contributed by atoms with van der Waals surface area (Å²) in [5.41, 5.74) is 0. The summed E-state index contributed by atoms with van der Waals surface area (Å²) in [5, 5.41) is 6.01. The molecule has 2 aromatic heterocycles. The lowest BCUT2D eigenvalue weighted by Crippen LogP contribution is -2.50. The van der Waals surface area contributed by atoms with Crippen molar-refractivity contribution < 1.29 is 14.1 Å². The van der Waals surface area contributed by atoms with Crippen LogP contribution in [-0.4, -0.2) is 70.3 Å². The molecule has 0 bridgehead atoms. The van der Waals surface area contributed by atoms with Gasteiger partial charge in [0.05, 0.1) is 17.1 Å². The van der Waals surface area contributed by atoms with E-state index in [1.54, 1.807) is 11.3 Å². The lowest BCUT2D eigenvalue weighted by atomic mass is 10.1. The Morgan fingerprint density at radius 1 is 1.32 bits per heavy atom. The first-order valence-electron chi connectivity index (χ1n) is 10.1. The van der Waals surface area contributed by atoms with E-state index in [4.69, 9.17) is 9.26 Å². The Hall–Kier alpha value is -1.77. The Kier molecular flexibility index (Phi) is 6.08. The van der Waals surface area contributed by atoms with Crippen LogP contribution >= 0.6 is 11.3 Å². The predicted molar refractivity (Wildman–Crippen MR) is 107 cm³/mol. The normalized spacial score (nSPS) is 26.1. The molecular weight excluding hydrogens is 376 g/mol. The van der Waals surface area contributed by atoms with Crippen LogP contribution in [0.1, 0.15) is 39.0 Å². The molecule has 3 unspecified atom stereocenters. The third-order valence-corrected chi connectivity index (χ3v) is 6.29. The minimum absolute atomic E-state index is 0.188. The van der Waals surface area contributed by atoms with Crippen LogP contribution in [0.5, 0.6) is 0 Å². The fraction of sp³-hybridized carbons (Fsp3) is 0.650. The van der Waals surface area contributed by atoms with Gasteiger partial charge in [0, 0.05) is 45.1 Å². The maximum Gasteiger partial charge on any atom is 0.227 e. The number of aromatic nitrogens is 2. The van der Waals surface area contributed by atoms with Gasteiger partial charge < -0.3 is 14.2 Å². The number of nitrogens with zero attached hydrogens (tertiary/aromatic N) is 4. The number of likely N-dealkylation sites (tertiary alicyclic amines) is 1. The molecule has 3 atom stereocenters. The van der Waals surface area contributed by atoms with E-state index in [1.165, 1.54) is 0 Å². The van der Waals surface area contributed by atoms with E-state index in [-0.39, 0.29) is 18.1 Å². The zero-order chi connectivity index (χ0) is 19.5. The van der Waals surface area contributed by atoms with Gasteiger partial charge >= 0.3 is 0 Å². The van der Waals surface area contributed by atoms with E-state index in [2.05, 4.69) is 33.8 Å². The van der Waals surface area contributed by atoms with Crippen molar-refractivity contribution in [2.45, 2.75) is 57.8 Å². The van der Waals surface area contributed by atoms with Gasteiger partial charge in [-0.15, -0.1) is 11.3 Å². The molecule has 2 aromatic rings. The lowest BCUT2D eigenvalue weighted by Gasteiger charge is -2.38. The maximum atomic E-state index is 12.8. The topological polar surface area (TPSA) is 71.7 Å². The minimum atomic E-state index is 0.188. The number of thiophene rings is 1. The molecule has 1 amide bonds. The number of rotatable bonds is 6. The van der Waals surface area contributed by atoms with Gasteiger partial charge in [0.15, 0.2) is 0 Å². The van der Waals surface area contributed by atoms with Gasteiger partial charge in [0.2, 0.25) is 17.6 Å². The van der Waals surface area contributed by atoms with Crippen molar-refractivity contribution in [3.05, 3.63) is 23.4 Å². The molecule has 2 aliphatic rings. The highest BCUT2D eigenvalue weighted by atomic mass is 32.1. The largest absolute Gasteiger partial charge is 0.373 e. The van der Waals surface area contributed by atoms with Crippen molar-refractivity contribution in [3.8, 4) is 10.7 Å². The molecule has 0 aliphatic carbocycles. The summed E-state index contributed by atoms with van der Waals surface area (Å²) < 4.78 is 11.2.